The zero-order chi connectivity index (χ0) is 16.3. The van der Waals surface area contributed by atoms with Gasteiger partial charge in [-0.25, -0.2) is 8.42 Å². The van der Waals surface area contributed by atoms with Gasteiger partial charge in [0.15, 0.2) is 9.84 Å². The Hall–Kier alpha value is -1.85. The molecule has 0 heterocycles. The van der Waals surface area contributed by atoms with Crippen molar-refractivity contribution in [2.24, 2.45) is 0 Å². The third kappa shape index (κ3) is 3.67. The van der Waals surface area contributed by atoms with Crippen molar-refractivity contribution in [3.05, 3.63) is 53.6 Å². The van der Waals surface area contributed by atoms with Crippen LogP contribution in [0.25, 0.3) is 0 Å². The van der Waals surface area contributed by atoms with E-state index in [0.717, 1.165) is 11.9 Å². The quantitative estimate of drug-likeness (QED) is 0.843. The van der Waals surface area contributed by atoms with Gasteiger partial charge in [-0.1, -0.05) is 25.1 Å². The van der Waals surface area contributed by atoms with Crippen molar-refractivity contribution >= 4 is 38.1 Å². The molecule has 116 valence electrons. The zero-order valence-electron chi connectivity index (χ0n) is 12.3. The predicted molar refractivity (Wildman–Crippen MR) is 88.8 cm³/mol. The first-order chi connectivity index (χ1) is 10.3. The van der Waals surface area contributed by atoms with Gasteiger partial charge in [-0.15, -0.1) is 0 Å². The molecule has 6 heteroatoms. The molecule has 0 amide bonds. The maximum Gasteiger partial charge on any atom is 0.252 e. The third-order valence-corrected chi connectivity index (χ3v) is 4.59. The molecule has 2 aromatic carbocycles. The molecule has 0 aliphatic heterocycles. The summed E-state index contributed by atoms with van der Waals surface area (Å²) in [6, 6.07) is 12.2. The minimum atomic E-state index is -3.51. The van der Waals surface area contributed by atoms with Crippen LogP contribution in [-0.2, 0) is 16.3 Å². The summed E-state index contributed by atoms with van der Waals surface area (Å²) in [4.78, 5) is 11.6. The van der Waals surface area contributed by atoms with E-state index in [-0.39, 0.29) is 10.5 Å². The van der Waals surface area contributed by atoms with Gasteiger partial charge in [-0.2, -0.15) is 0 Å². The van der Waals surface area contributed by atoms with Crippen LogP contribution >= 0.6 is 11.6 Å². The number of hydrogen-bond acceptors (Lipinski definition) is 4. The van der Waals surface area contributed by atoms with E-state index in [4.69, 9.17) is 11.6 Å². The van der Waals surface area contributed by atoms with E-state index in [0.29, 0.717) is 17.7 Å². The Balaban J connectivity index is 2.63. The number of aryl methyl sites for hydroxylation is 1. The van der Waals surface area contributed by atoms with E-state index in [1.165, 1.54) is 6.07 Å². The predicted octanol–water partition coefficient (Wildman–Crippen LogP) is 3.78. The summed E-state index contributed by atoms with van der Waals surface area (Å²) in [5.41, 5.74) is 2.13. The lowest BCUT2D eigenvalue weighted by molar-refractivity contribution is 0.108. The smallest absolute Gasteiger partial charge is 0.252 e. The van der Waals surface area contributed by atoms with Crippen LogP contribution in [0, 0.1) is 0 Å². The second-order valence-electron chi connectivity index (χ2n) is 4.90. The minimum absolute atomic E-state index is 0.0533. The minimum Gasteiger partial charge on any atom is -0.354 e. The molecule has 0 saturated heterocycles. The van der Waals surface area contributed by atoms with Crippen molar-refractivity contribution in [2.45, 2.75) is 18.2 Å². The summed E-state index contributed by atoms with van der Waals surface area (Å²) in [6.07, 6.45) is 1.67. The lowest BCUT2D eigenvalue weighted by Gasteiger charge is -2.15. The highest BCUT2D eigenvalue weighted by atomic mass is 35.5. The molecule has 0 saturated carbocycles. The van der Waals surface area contributed by atoms with Gasteiger partial charge in [-0.3, -0.25) is 4.79 Å². The molecule has 0 unspecified atom stereocenters. The summed E-state index contributed by atoms with van der Waals surface area (Å²) in [6.45, 7) is 1.88. The number of sulfone groups is 1. The molecule has 0 aromatic heterocycles. The van der Waals surface area contributed by atoms with E-state index in [2.05, 4.69) is 5.32 Å². The van der Waals surface area contributed by atoms with Gasteiger partial charge in [0.25, 0.3) is 5.24 Å². The Labute approximate surface area is 135 Å². The largest absolute Gasteiger partial charge is 0.354 e. The van der Waals surface area contributed by atoms with Crippen molar-refractivity contribution < 1.29 is 13.2 Å². The van der Waals surface area contributed by atoms with Crippen LogP contribution in [0.1, 0.15) is 22.8 Å². The normalized spacial score (nSPS) is 11.2. The number of para-hydroxylation sites is 1. The summed E-state index contributed by atoms with van der Waals surface area (Å²) >= 11 is 5.57. The van der Waals surface area contributed by atoms with Crippen molar-refractivity contribution in [1.82, 2.24) is 0 Å². The molecule has 0 atom stereocenters. The molecular weight excluding hydrogens is 322 g/mol. The Morgan fingerprint density at radius 3 is 2.32 bits per heavy atom. The van der Waals surface area contributed by atoms with Crippen LogP contribution < -0.4 is 5.32 Å². The number of carbonyl (C=O) groups is 1. The van der Waals surface area contributed by atoms with E-state index in [9.17, 15) is 13.2 Å². The first kappa shape index (κ1) is 16.5. The van der Waals surface area contributed by atoms with Crippen LogP contribution in [0.3, 0.4) is 0 Å². The first-order valence-corrected chi connectivity index (χ1v) is 8.98. The Morgan fingerprint density at radius 1 is 1.18 bits per heavy atom. The van der Waals surface area contributed by atoms with Crippen molar-refractivity contribution in [3.8, 4) is 0 Å². The average molecular weight is 338 g/mol. The number of hydrogen-bond donors (Lipinski definition) is 1. The number of carbonyl (C=O) groups excluding carboxylic acids is 1. The number of benzene rings is 2. The van der Waals surface area contributed by atoms with E-state index in [1.54, 1.807) is 6.07 Å². The lowest BCUT2D eigenvalue weighted by Crippen LogP contribution is -2.07. The highest BCUT2D eigenvalue weighted by molar-refractivity contribution is 7.90. The summed E-state index contributed by atoms with van der Waals surface area (Å²) < 4.78 is 24.0. The van der Waals surface area contributed by atoms with E-state index in [1.807, 2.05) is 37.3 Å². The summed E-state index contributed by atoms with van der Waals surface area (Å²) in [5.74, 6) is 0. The molecule has 0 spiro atoms. The second kappa shape index (κ2) is 6.50. The maximum atomic E-state index is 12.0. The monoisotopic (exact) mass is 337 g/mol. The molecule has 0 fully saturated rings. The Kier molecular flexibility index (Phi) is 4.88. The number of nitrogens with one attached hydrogen (secondary N) is 1. The van der Waals surface area contributed by atoms with Crippen LogP contribution in [0.15, 0.2) is 47.4 Å². The van der Waals surface area contributed by atoms with Crippen LogP contribution in [0.5, 0.6) is 0 Å². The van der Waals surface area contributed by atoms with Gasteiger partial charge < -0.3 is 5.32 Å². The van der Waals surface area contributed by atoms with Crippen LogP contribution in [0.2, 0.25) is 0 Å². The van der Waals surface area contributed by atoms with Gasteiger partial charge in [0.2, 0.25) is 0 Å². The Morgan fingerprint density at radius 2 is 1.82 bits per heavy atom. The molecular formula is C16H16ClNO3S. The number of rotatable bonds is 5. The number of anilines is 2. The first-order valence-electron chi connectivity index (χ1n) is 6.71. The molecule has 0 bridgehead atoms. The number of halogens is 1. The van der Waals surface area contributed by atoms with Crippen molar-refractivity contribution in [2.75, 3.05) is 11.6 Å². The SMILES string of the molecule is CCc1cc(Nc2ccccc2)c(S(C)(=O)=O)cc1C(=O)Cl. The fourth-order valence-corrected chi connectivity index (χ4v) is 3.20. The van der Waals surface area contributed by atoms with Gasteiger partial charge in [0.05, 0.1) is 10.6 Å². The topological polar surface area (TPSA) is 63.2 Å². The highest BCUT2D eigenvalue weighted by Gasteiger charge is 2.19. The molecule has 0 aliphatic rings. The molecule has 22 heavy (non-hydrogen) atoms. The van der Waals surface area contributed by atoms with Gasteiger partial charge >= 0.3 is 0 Å². The van der Waals surface area contributed by atoms with E-state index < -0.39 is 15.1 Å². The summed E-state index contributed by atoms with van der Waals surface area (Å²) in [5, 5.41) is 2.43. The second-order valence-corrected chi connectivity index (χ2v) is 7.22. The van der Waals surface area contributed by atoms with Gasteiger partial charge in [-0.05, 0) is 47.9 Å². The lowest BCUT2D eigenvalue weighted by atomic mass is 10.0. The van der Waals surface area contributed by atoms with E-state index >= 15 is 0 Å². The molecule has 1 N–H and O–H groups in total. The maximum absolute atomic E-state index is 12.0. The molecule has 2 aromatic rings. The third-order valence-electron chi connectivity index (χ3n) is 3.25. The average Bonchev–Trinajstić information content (AvgIpc) is 2.46. The highest BCUT2D eigenvalue weighted by Crippen LogP contribution is 2.29. The fourth-order valence-electron chi connectivity index (χ4n) is 2.18. The molecule has 0 radical (unpaired) electrons. The molecule has 2 rings (SSSR count). The van der Waals surface area contributed by atoms with Crippen LogP contribution in [-0.4, -0.2) is 19.9 Å². The van der Waals surface area contributed by atoms with Gasteiger partial charge in [0.1, 0.15) is 0 Å². The summed E-state index contributed by atoms with van der Waals surface area (Å²) in [7, 11) is -3.51. The van der Waals surface area contributed by atoms with Crippen molar-refractivity contribution in [3.63, 3.8) is 0 Å². The van der Waals surface area contributed by atoms with Crippen molar-refractivity contribution in [1.29, 1.82) is 0 Å². The molecule has 0 aliphatic carbocycles. The standard InChI is InChI=1S/C16H16ClNO3S/c1-3-11-9-14(18-12-7-5-4-6-8-12)15(22(2,20)21)10-13(11)16(17)19/h4-10,18H,3H2,1-2H3. The zero-order valence-corrected chi connectivity index (χ0v) is 13.8. The Bertz CT molecular complexity index is 802. The molecule has 4 nitrogen and oxygen atoms in total. The fraction of sp³-hybridized carbons (Fsp3) is 0.188. The van der Waals surface area contributed by atoms with Crippen LogP contribution in [0.4, 0.5) is 11.4 Å². The van der Waals surface area contributed by atoms with Gasteiger partial charge in [0, 0.05) is 17.5 Å².